The van der Waals surface area contributed by atoms with E-state index in [1.807, 2.05) is 9.80 Å². The highest BCUT2D eigenvalue weighted by Crippen LogP contribution is 2.07. The van der Waals surface area contributed by atoms with Crippen LogP contribution in [0.25, 0.3) is 0 Å². The summed E-state index contributed by atoms with van der Waals surface area (Å²) < 4.78 is 0. The van der Waals surface area contributed by atoms with E-state index in [-0.39, 0.29) is 17.7 Å². The van der Waals surface area contributed by atoms with Crippen LogP contribution in [-0.2, 0) is 14.4 Å². The van der Waals surface area contributed by atoms with Crippen molar-refractivity contribution in [1.29, 1.82) is 0 Å². The SMILES string of the molecule is CC(=O)N1CCCN(CC(=O)N2CCN(C(C)=O)CC2)CC1. The first-order valence-corrected chi connectivity index (χ1v) is 7.98. The maximum atomic E-state index is 12.4. The van der Waals surface area contributed by atoms with E-state index in [1.54, 1.807) is 18.7 Å². The van der Waals surface area contributed by atoms with Crippen molar-refractivity contribution in [2.75, 3.05) is 58.9 Å². The Hall–Kier alpha value is -1.63. The van der Waals surface area contributed by atoms with Crippen LogP contribution in [-0.4, -0.2) is 96.2 Å². The Balaban J connectivity index is 1.77. The fourth-order valence-electron chi connectivity index (χ4n) is 3.01. The van der Waals surface area contributed by atoms with Gasteiger partial charge in [0.25, 0.3) is 0 Å². The summed E-state index contributed by atoms with van der Waals surface area (Å²) in [6.45, 7) is 9.12. The molecule has 2 fully saturated rings. The molecule has 0 atom stereocenters. The topological polar surface area (TPSA) is 64.2 Å². The van der Waals surface area contributed by atoms with Crippen molar-refractivity contribution in [1.82, 2.24) is 19.6 Å². The fraction of sp³-hybridized carbons (Fsp3) is 0.800. The minimum atomic E-state index is 0.0731. The Bertz CT molecular complexity index is 433. The summed E-state index contributed by atoms with van der Waals surface area (Å²) in [5, 5.41) is 0. The van der Waals surface area contributed by atoms with Crippen LogP contribution in [0.1, 0.15) is 20.3 Å². The lowest BCUT2D eigenvalue weighted by atomic mass is 10.3. The minimum Gasteiger partial charge on any atom is -0.342 e. The molecule has 22 heavy (non-hydrogen) atoms. The number of carbonyl (C=O) groups excluding carboxylic acids is 3. The number of nitrogens with zero attached hydrogens (tertiary/aromatic N) is 4. The fourth-order valence-corrected chi connectivity index (χ4v) is 3.01. The van der Waals surface area contributed by atoms with Crippen molar-refractivity contribution in [2.45, 2.75) is 20.3 Å². The second-order valence-corrected chi connectivity index (χ2v) is 6.02. The summed E-state index contributed by atoms with van der Waals surface area (Å²) >= 11 is 0. The van der Waals surface area contributed by atoms with Crippen LogP contribution in [0.15, 0.2) is 0 Å². The van der Waals surface area contributed by atoms with E-state index < -0.39 is 0 Å². The lowest BCUT2D eigenvalue weighted by molar-refractivity contribution is -0.139. The van der Waals surface area contributed by atoms with Crippen molar-refractivity contribution >= 4 is 17.7 Å². The monoisotopic (exact) mass is 310 g/mol. The second-order valence-electron chi connectivity index (χ2n) is 6.02. The Morgan fingerprint density at radius 1 is 0.682 bits per heavy atom. The van der Waals surface area contributed by atoms with Crippen molar-refractivity contribution in [2.24, 2.45) is 0 Å². The van der Waals surface area contributed by atoms with Gasteiger partial charge in [0.05, 0.1) is 6.54 Å². The van der Waals surface area contributed by atoms with Gasteiger partial charge in [-0.25, -0.2) is 0 Å². The lowest BCUT2D eigenvalue weighted by Gasteiger charge is -2.35. The molecule has 7 nitrogen and oxygen atoms in total. The number of piperazine rings is 1. The first-order chi connectivity index (χ1) is 10.5. The predicted octanol–water partition coefficient (Wildman–Crippen LogP) is -0.769. The Morgan fingerprint density at radius 3 is 1.77 bits per heavy atom. The first-order valence-electron chi connectivity index (χ1n) is 7.98. The largest absolute Gasteiger partial charge is 0.342 e. The summed E-state index contributed by atoms with van der Waals surface area (Å²) in [6.07, 6.45) is 0.908. The number of amides is 3. The molecular formula is C15H26N4O3. The molecule has 0 aromatic rings. The van der Waals surface area contributed by atoms with Crippen molar-refractivity contribution in [3.8, 4) is 0 Å². The normalized spacial score (nSPS) is 20.7. The van der Waals surface area contributed by atoms with Gasteiger partial charge in [-0.2, -0.15) is 0 Å². The average Bonchev–Trinajstić information content (AvgIpc) is 2.73. The van der Waals surface area contributed by atoms with Crippen molar-refractivity contribution in [3.05, 3.63) is 0 Å². The predicted molar refractivity (Wildman–Crippen MR) is 82.1 cm³/mol. The molecule has 3 amide bonds. The van der Waals surface area contributed by atoms with Gasteiger partial charge in [0, 0.05) is 66.2 Å². The summed E-state index contributed by atoms with van der Waals surface area (Å²) in [4.78, 5) is 42.7. The quantitative estimate of drug-likeness (QED) is 0.672. The molecule has 0 aromatic heterocycles. The zero-order chi connectivity index (χ0) is 16.1. The van der Waals surface area contributed by atoms with Crippen molar-refractivity contribution in [3.63, 3.8) is 0 Å². The van der Waals surface area contributed by atoms with Gasteiger partial charge in [0.2, 0.25) is 17.7 Å². The Kier molecular flexibility index (Phi) is 5.76. The van der Waals surface area contributed by atoms with Crippen LogP contribution in [0.5, 0.6) is 0 Å². The molecule has 2 heterocycles. The zero-order valence-corrected chi connectivity index (χ0v) is 13.6. The van der Waals surface area contributed by atoms with E-state index in [1.165, 1.54) is 0 Å². The lowest BCUT2D eigenvalue weighted by Crippen LogP contribution is -2.52. The molecular weight excluding hydrogens is 284 g/mol. The van der Waals surface area contributed by atoms with E-state index in [0.717, 1.165) is 26.1 Å². The van der Waals surface area contributed by atoms with E-state index in [0.29, 0.717) is 39.3 Å². The molecule has 0 spiro atoms. The molecule has 7 heteroatoms. The van der Waals surface area contributed by atoms with Crippen LogP contribution >= 0.6 is 0 Å². The van der Waals surface area contributed by atoms with Gasteiger partial charge in [0.1, 0.15) is 0 Å². The highest BCUT2D eigenvalue weighted by molar-refractivity contribution is 5.79. The molecule has 2 aliphatic heterocycles. The van der Waals surface area contributed by atoms with Crippen LogP contribution in [0.4, 0.5) is 0 Å². The van der Waals surface area contributed by atoms with Gasteiger partial charge in [-0.15, -0.1) is 0 Å². The number of hydrogen-bond acceptors (Lipinski definition) is 4. The average molecular weight is 310 g/mol. The van der Waals surface area contributed by atoms with E-state index in [2.05, 4.69) is 4.90 Å². The van der Waals surface area contributed by atoms with Gasteiger partial charge in [-0.05, 0) is 6.42 Å². The molecule has 2 saturated heterocycles. The zero-order valence-electron chi connectivity index (χ0n) is 13.6. The summed E-state index contributed by atoms with van der Waals surface area (Å²) in [7, 11) is 0. The standard InChI is InChI=1S/C15H26N4O3/c1-13(20)17-5-3-4-16(6-7-17)12-15(22)19-10-8-18(9-11-19)14(2)21/h3-12H2,1-2H3. The van der Waals surface area contributed by atoms with E-state index in [4.69, 9.17) is 0 Å². The Labute approximate surface area is 131 Å². The first kappa shape index (κ1) is 16.7. The third kappa shape index (κ3) is 4.43. The minimum absolute atomic E-state index is 0.0731. The Morgan fingerprint density at radius 2 is 1.18 bits per heavy atom. The van der Waals surface area contributed by atoms with Crippen molar-refractivity contribution < 1.29 is 14.4 Å². The van der Waals surface area contributed by atoms with E-state index >= 15 is 0 Å². The maximum Gasteiger partial charge on any atom is 0.236 e. The van der Waals surface area contributed by atoms with Crippen LogP contribution in [0.3, 0.4) is 0 Å². The van der Waals surface area contributed by atoms with Crippen LogP contribution in [0.2, 0.25) is 0 Å². The summed E-state index contributed by atoms with van der Waals surface area (Å²) in [5.74, 6) is 0.303. The molecule has 0 unspecified atom stereocenters. The number of rotatable bonds is 2. The van der Waals surface area contributed by atoms with Gasteiger partial charge < -0.3 is 14.7 Å². The molecule has 0 saturated carbocycles. The number of carbonyl (C=O) groups is 3. The van der Waals surface area contributed by atoms with E-state index in [9.17, 15) is 14.4 Å². The van der Waals surface area contributed by atoms with Crippen LogP contribution < -0.4 is 0 Å². The third-order valence-corrected chi connectivity index (χ3v) is 4.47. The van der Waals surface area contributed by atoms with Gasteiger partial charge in [0.15, 0.2) is 0 Å². The second kappa shape index (κ2) is 7.58. The van der Waals surface area contributed by atoms with Gasteiger partial charge in [-0.1, -0.05) is 0 Å². The molecule has 0 N–H and O–H groups in total. The molecule has 2 rings (SSSR count). The summed E-state index contributed by atoms with van der Waals surface area (Å²) in [6, 6.07) is 0. The number of hydrogen-bond donors (Lipinski definition) is 0. The highest BCUT2D eigenvalue weighted by Gasteiger charge is 2.24. The van der Waals surface area contributed by atoms with Gasteiger partial charge >= 0.3 is 0 Å². The molecule has 2 aliphatic rings. The highest BCUT2D eigenvalue weighted by atomic mass is 16.2. The maximum absolute atomic E-state index is 12.4. The summed E-state index contributed by atoms with van der Waals surface area (Å²) in [5.41, 5.74) is 0. The van der Waals surface area contributed by atoms with Crippen LogP contribution in [0, 0.1) is 0 Å². The van der Waals surface area contributed by atoms with Gasteiger partial charge in [-0.3, -0.25) is 19.3 Å². The smallest absolute Gasteiger partial charge is 0.236 e. The third-order valence-electron chi connectivity index (χ3n) is 4.47. The molecule has 0 aromatic carbocycles. The molecule has 0 radical (unpaired) electrons. The molecule has 0 aliphatic carbocycles. The molecule has 0 bridgehead atoms. The molecule has 124 valence electrons.